The Balaban J connectivity index is 2.03. The van der Waals surface area contributed by atoms with Crippen LogP contribution in [0.25, 0.3) is 11.2 Å². The Morgan fingerprint density at radius 1 is 1.62 bits per heavy atom. The molecule has 3 rings (SSSR count). The molecule has 1 atom stereocenters. The Morgan fingerprint density at radius 3 is 3.19 bits per heavy atom. The van der Waals surface area contributed by atoms with Crippen LogP contribution in [0.3, 0.4) is 0 Å². The van der Waals surface area contributed by atoms with Crippen LogP contribution in [-0.2, 0) is 9.53 Å². The smallest absolute Gasteiger partial charge is 0.313 e. The van der Waals surface area contributed by atoms with Gasteiger partial charge in [0.25, 0.3) is 0 Å². The highest BCUT2D eigenvalue weighted by Gasteiger charge is 2.23. The van der Waals surface area contributed by atoms with Crippen LogP contribution in [0, 0.1) is 0 Å². The van der Waals surface area contributed by atoms with E-state index >= 15 is 0 Å². The van der Waals surface area contributed by atoms with Gasteiger partial charge in [0.2, 0.25) is 0 Å². The van der Waals surface area contributed by atoms with Crippen molar-refractivity contribution < 1.29 is 14.6 Å². The van der Waals surface area contributed by atoms with Gasteiger partial charge in [0, 0.05) is 17.3 Å². The topological polar surface area (TPSA) is 77.2 Å². The van der Waals surface area contributed by atoms with E-state index in [2.05, 4.69) is 25.9 Å². The molecule has 8 heteroatoms. The molecule has 1 fully saturated rings. The van der Waals surface area contributed by atoms with Crippen LogP contribution < -0.4 is 0 Å². The summed E-state index contributed by atoms with van der Waals surface area (Å²) in [4.78, 5) is 19.8. The second kappa shape index (κ2) is 6.33. The molecule has 1 aliphatic heterocycles. The van der Waals surface area contributed by atoms with Crippen molar-refractivity contribution in [2.75, 3.05) is 19.0 Å². The molecule has 1 aliphatic rings. The third-order valence-electron chi connectivity index (χ3n) is 3.29. The number of halogens is 1. The second-order valence-corrected chi connectivity index (χ2v) is 6.67. The van der Waals surface area contributed by atoms with E-state index in [1.807, 2.05) is 10.6 Å². The highest BCUT2D eigenvalue weighted by atomic mass is 79.9. The monoisotopic (exact) mass is 371 g/mol. The molecule has 1 saturated heterocycles. The fraction of sp³-hybridized carbons (Fsp3) is 0.462. The van der Waals surface area contributed by atoms with Gasteiger partial charge in [0.15, 0.2) is 10.8 Å². The Kier molecular flexibility index (Phi) is 4.46. The summed E-state index contributed by atoms with van der Waals surface area (Å²) in [5.41, 5.74) is 1.55. The molecule has 0 radical (unpaired) electrons. The zero-order valence-electron chi connectivity index (χ0n) is 11.2. The van der Waals surface area contributed by atoms with Gasteiger partial charge < -0.3 is 9.84 Å². The molecule has 0 aliphatic carbocycles. The van der Waals surface area contributed by atoms with E-state index in [-0.39, 0.29) is 11.8 Å². The highest BCUT2D eigenvalue weighted by molar-refractivity contribution is 9.10. The number of carboxylic acids is 1. The number of fused-ring (bicyclic) bond motifs is 1. The summed E-state index contributed by atoms with van der Waals surface area (Å²) in [7, 11) is 0. The summed E-state index contributed by atoms with van der Waals surface area (Å²) in [6.07, 6.45) is 3.71. The summed E-state index contributed by atoms with van der Waals surface area (Å²) < 4.78 is 8.43. The maximum absolute atomic E-state index is 10.8. The number of hydrogen-bond donors (Lipinski definition) is 1. The Hall–Kier alpha value is -1.12. The van der Waals surface area contributed by atoms with Crippen molar-refractivity contribution in [3.8, 4) is 0 Å². The highest BCUT2D eigenvalue weighted by Crippen LogP contribution is 2.31. The first kappa shape index (κ1) is 14.8. The predicted molar refractivity (Wildman–Crippen MR) is 82.7 cm³/mol. The average molecular weight is 372 g/mol. The molecule has 3 heterocycles. The van der Waals surface area contributed by atoms with Crippen LogP contribution in [0.5, 0.6) is 0 Å². The lowest BCUT2D eigenvalue weighted by Gasteiger charge is -2.24. The number of pyridine rings is 1. The quantitative estimate of drug-likeness (QED) is 0.832. The summed E-state index contributed by atoms with van der Waals surface area (Å²) >= 11 is 4.61. The van der Waals surface area contributed by atoms with Crippen molar-refractivity contribution in [1.82, 2.24) is 14.5 Å². The summed E-state index contributed by atoms with van der Waals surface area (Å²) in [5, 5.41) is 9.58. The normalized spacial score (nSPS) is 19.0. The fourth-order valence-electron chi connectivity index (χ4n) is 2.42. The van der Waals surface area contributed by atoms with Crippen molar-refractivity contribution in [3.05, 3.63) is 16.7 Å². The van der Waals surface area contributed by atoms with Crippen LogP contribution in [0.1, 0.15) is 18.9 Å². The van der Waals surface area contributed by atoms with E-state index < -0.39 is 5.97 Å². The maximum atomic E-state index is 10.8. The summed E-state index contributed by atoms with van der Waals surface area (Å²) in [6, 6.07) is 2.06. The molecule has 0 saturated carbocycles. The van der Waals surface area contributed by atoms with E-state index in [1.165, 1.54) is 11.8 Å². The maximum Gasteiger partial charge on any atom is 0.313 e. The Bertz CT molecular complexity index is 670. The molecule has 1 unspecified atom stereocenters. The number of aromatic nitrogens is 3. The number of aliphatic carboxylic acids is 1. The number of imidazole rings is 1. The van der Waals surface area contributed by atoms with E-state index in [9.17, 15) is 4.79 Å². The van der Waals surface area contributed by atoms with Crippen molar-refractivity contribution >= 4 is 44.8 Å². The zero-order chi connectivity index (χ0) is 14.8. The first-order valence-electron chi connectivity index (χ1n) is 6.61. The largest absolute Gasteiger partial charge is 0.481 e. The van der Waals surface area contributed by atoms with Gasteiger partial charge in [-0.25, -0.2) is 9.97 Å². The molecular weight excluding hydrogens is 358 g/mol. The van der Waals surface area contributed by atoms with E-state index in [4.69, 9.17) is 9.84 Å². The molecule has 21 heavy (non-hydrogen) atoms. The first-order chi connectivity index (χ1) is 10.1. The fourth-order valence-corrected chi connectivity index (χ4v) is 3.53. The SMILES string of the molecule is O=C(O)CSc1nc2cc(Br)cnc2n1C1CCCOC1. The van der Waals surface area contributed by atoms with E-state index in [0.717, 1.165) is 35.1 Å². The lowest BCUT2D eigenvalue weighted by molar-refractivity contribution is -0.133. The van der Waals surface area contributed by atoms with Crippen LogP contribution >= 0.6 is 27.7 Å². The van der Waals surface area contributed by atoms with Crippen molar-refractivity contribution in [1.29, 1.82) is 0 Å². The Labute approximate surface area is 134 Å². The van der Waals surface area contributed by atoms with E-state index in [1.54, 1.807) is 6.20 Å². The van der Waals surface area contributed by atoms with Crippen molar-refractivity contribution in [3.63, 3.8) is 0 Å². The number of rotatable bonds is 4. The van der Waals surface area contributed by atoms with Crippen LogP contribution in [-0.4, -0.2) is 44.6 Å². The standard InChI is InChI=1S/C13H14BrN3O3S/c14-8-4-10-12(15-5-8)17(9-2-1-3-20-6-9)13(16-10)21-7-11(18)19/h4-5,9H,1-3,6-7H2,(H,18,19). The van der Waals surface area contributed by atoms with E-state index in [0.29, 0.717) is 11.8 Å². The lowest BCUT2D eigenvalue weighted by Crippen LogP contribution is -2.22. The van der Waals surface area contributed by atoms with Gasteiger partial charge in [-0.1, -0.05) is 11.8 Å². The number of nitrogens with zero attached hydrogens (tertiary/aromatic N) is 3. The summed E-state index contributed by atoms with van der Waals surface area (Å²) in [5.74, 6) is -0.870. The van der Waals surface area contributed by atoms with Gasteiger partial charge in [0.1, 0.15) is 5.52 Å². The second-order valence-electron chi connectivity index (χ2n) is 4.81. The predicted octanol–water partition coefficient (Wildman–Crippen LogP) is 2.72. The molecule has 112 valence electrons. The molecule has 0 aromatic carbocycles. The van der Waals surface area contributed by atoms with Crippen molar-refractivity contribution in [2.24, 2.45) is 0 Å². The number of thioether (sulfide) groups is 1. The minimum atomic E-state index is -0.854. The molecule has 6 nitrogen and oxygen atoms in total. The third-order valence-corrected chi connectivity index (χ3v) is 4.66. The van der Waals surface area contributed by atoms with Crippen LogP contribution in [0.2, 0.25) is 0 Å². The number of hydrogen-bond acceptors (Lipinski definition) is 5. The summed E-state index contributed by atoms with van der Waals surface area (Å²) in [6.45, 7) is 1.39. The third kappa shape index (κ3) is 3.22. The van der Waals surface area contributed by atoms with Gasteiger partial charge in [-0.2, -0.15) is 0 Å². The van der Waals surface area contributed by atoms with Crippen LogP contribution in [0.4, 0.5) is 0 Å². The zero-order valence-corrected chi connectivity index (χ0v) is 13.6. The van der Waals surface area contributed by atoms with Gasteiger partial charge in [-0.15, -0.1) is 0 Å². The number of ether oxygens (including phenoxy) is 1. The number of carboxylic acid groups (broad SMARTS) is 1. The molecule has 0 spiro atoms. The molecule has 0 amide bonds. The minimum absolute atomic E-state index is 0.0158. The van der Waals surface area contributed by atoms with Gasteiger partial charge in [0.05, 0.1) is 18.4 Å². The molecule has 0 bridgehead atoms. The van der Waals surface area contributed by atoms with Crippen LogP contribution in [0.15, 0.2) is 21.9 Å². The molecule has 2 aromatic heterocycles. The Morgan fingerprint density at radius 2 is 2.48 bits per heavy atom. The van der Waals surface area contributed by atoms with Crippen molar-refractivity contribution in [2.45, 2.75) is 24.0 Å². The molecular formula is C13H14BrN3O3S. The van der Waals surface area contributed by atoms with Gasteiger partial charge >= 0.3 is 5.97 Å². The average Bonchev–Trinajstić information content (AvgIpc) is 2.83. The number of carbonyl (C=O) groups is 1. The van der Waals surface area contributed by atoms with Gasteiger partial charge in [-0.3, -0.25) is 9.36 Å². The minimum Gasteiger partial charge on any atom is -0.481 e. The molecule has 2 aromatic rings. The van der Waals surface area contributed by atoms with Gasteiger partial charge in [-0.05, 0) is 34.8 Å². The molecule has 1 N–H and O–H groups in total. The first-order valence-corrected chi connectivity index (χ1v) is 8.39. The lowest BCUT2D eigenvalue weighted by atomic mass is 10.1.